The molecule has 3 aromatic rings. The maximum atomic E-state index is 13.3. The van der Waals surface area contributed by atoms with E-state index in [-0.39, 0.29) is 23.1 Å². The number of amidine groups is 1. The number of aromatic nitrogens is 3. The number of fused-ring (bicyclic) bond motifs is 1. The number of hydroxylamine groups is 1. The molecule has 154 valence electrons. The van der Waals surface area contributed by atoms with Crippen LogP contribution in [0.2, 0.25) is 5.02 Å². The Labute approximate surface area is 169 Å². The summed E-state index contributed by atoms with van der Waals surface area (Å²) in [4.78, 5) is 13.0. The first-order chi connectivity index (χ1) is 13.8. The number of halogens is 4. The van der Waals surface area contributed by atoms with Crippen molar-refractivity contribution in [2.75, 3.05) is 25.2 Å². The molecular weight excluding hydrogens is 409 g/mol. The predicted molar refractivity (Wildman–Crippen MR) is 104 cm³/mol. The standard InChI is InChI=1S/C18H18ClF3N6O/c1-27(9-14(21)22)7-5-15-25-16-11(4-6-24-18(16)26-15)17(23)28(29)10-2-3-13(20)12(19)8-10/h2-4,6,8,14,23,29H,5,7,9H2,1H3,(H,24,25,26). The third kappa shape index (κ3) is 4.84. The molecule has 0 saturated carbocycles. The van der Waals surface area contributed by atoms with E-state index in [1.54, 1.807) is 7.05 Å². The molecule has 0 bridgehead atoms. The van der Waals surface area contributed by atoms with Crippen LogP contribution in [0, 0.1) is 11.2 Å². The lowest BCUT2D eigenvalue weighted by Crippen LogP contribution is -2.27. The van der Waals surface area contributed by atoms with Crippen molar-refractivity contribution in [3.8, 4) is 0 Å². The maximum absolute atomic E-state index is 13.3. The second-order valence-corrected chi connectivity index (χ2v) is 6.81. The molecule has 11 heteroatoms. The summed E-state index contributed by atoms with van der Waals surface area (Å²) in [5.41, 5.74) is 1.15. The summed E-state index contributed by atoms with van der Waals surface area (Å²) < 4.78 is 38.2. The number of imidazole rings is 1. The van der Waals surface area contributed by atoms with E-state index in [2.05, 4.69) is 15.0 Å². The van der Waals surface area contributed by atoms with Crippen LogP contribution in [0.4, 0.5) is 18.9 Å². The topological polar surface area (TPSA) is 92.1 Å². The molecule has 0 unspecified atom stereocenters. The van der Waals surface area contributed by atoms with E-state index in [0.29, 0.717) is 40.6 Å². The van der Waals surface area contributed by atoms with Gasteiger partial charge < -0.3 is 9.88 Å². The number of pyridine rings is 1. The maximum Gasteiger partial charge on any atom is 0.251 e. The van der Waals surface area contributed by atoms with Crippen molar-refractivity contribution in [3.05, 3.63) is 52.7 Å². The molecule has 0 aliphatic heterocycles. The SMILES string of the molecule is CN(CCc1nc2nccc(C(=N)N(O)c3ccc(F)c(Cl)c3)c2[nH]1)CC(F)F. The Hall–Kier alpha value is -2.69. The highest BCUT2D eigenvalue weighted by Gasteiger charge is 2.18. The van der Waals surface area contributed by atoms with Crippen molar-refractivity contribution in [1.82, 2.24) is 19.9 Å². The minimum atomic E-state index is -2.42. The van der Waals surface area contributed by atoms with Crippen molar-refractivity contribution in [2.24, 2.45) is 0 Å². The molecule has 3 N–H and O–H groups in total. The van der Waals surface area contributed by atoms with Crippen molar-refractivity contribution in [2.45, 2.75) is 12.8 Å². The molecule has 1 aromatic carbocycles. The number of nitrogens with one attached hydrogen (secondary N) is 2. The Bertz CT molecular complexity index is 1030. The summed E-state index contributed by atoms with van der Waals surface area (Å²) in [6, 6.07) is 5.08. The number of aromatic amines is 1. The quantitative estimate of drug-likeness (QED) is 0.304. The minimum Gasteiger partial charge on any atom is -0.340 e. The smallest absolute Gasteiger partial charge is 0.251 e. The number of alkyl halides is 2. The summed E-state index contributed by atoms with van der Waals surface area (Å²) in [6.07, 6.45) is -0.603. The number of hydrogen-bond acceptors (Lipinski definition) is 5. The number of rotatable bonds is 7. The van der Waals surface area contributed by atoms with Gasteiger partial charge in [0.15, 0.2) is 11.5 Å². The molecule has 0 amide bonds. The van der Waals surface area contributed by atoms with E-state index in [0.717, 1.165) is 6.07 Å². The average Bonchev–Trinajstić information content (AvgIpc) is 3.10. The first-order valence-corrected chi connectivity index (χ1v) is 8.97. The van der Waals surface area contributed by atoms with Crippen LogP contribution in [0.5, 0.6) is 0 Å². The zero-order valence-electron chi connectivity index (χ0n) is 15.3. The molecule has 0 fully saturated rings. The molecule has 0 aliphatic rings. The van der Waals surface area contributed by atoms with Gasteiger partial charge in [0.25, 0.3) is 6.43 Å². The lowest BCUT2D eigenvalue weighted by atomic mass is 10.2. The molecule has 0 saturated heterocycles. The van der Waals surface area contributed by atoms with Gasteiger partial charge in [-0.05, 0) is 31.3 Å². The highest BCUT2D eigenvalue weighted by molar-refractivity contribution is 6.31. The number of benzene rings is 1. The van der Waals surface area contributed by atoms with Gasteiger partial charge in [-0.25, -0.2) is 28.2 Å². The normalized spacial score (nSPS) is 11.6. The van der Waals surface area contributed by atoms with E-state index < -0.39 is 12.2 Å². The fourth-order valence-corrected chi connectivity index (χ4v) is 2.93. The fourth-order valence-electron chi connectivity index (χ4n) is 2.76. The molecule has 0 radical (unpaired) electrons. The molecule has 0 spiro atoms. The van der Waals surface area contributed by atoms with Crippen LogP contribution in [0.15, 0.2) is 30.5 Å². The zero-order chi connectivity index (χ0) is 21.1. The number of anilines is 1. The fraction of sp³-hybridized carbons (Fsp3) is 0.278. The van der Waals surface area contributed by atoms with Gasteiger partial charge in [-0.15, -0.1) is 0 Å². The van der Waals surface area contributed by atoms with Crippen LogP contribution in [-0.4, -0.2) is 57.5 Å². The number of nitrogens with zero attached hydrogens (tertiary/aromatic N) is 4. The molecule has 0 atom stereocenters. The van der Waals surface area contributed by atoms with E-state index >= 15 is 0 Å². The summed E-state index contributed by atoms with van der Waals surface area (Å²) in [6.45, 7) is 0.0191. The van der Waals surface area contributed by atoms with E-state index in [1.807, 2.05) is 0 Å². The molecule has 7 nitrogen and oxygen atoms in total. The van der Waals surface area contributed by atoms with Gasteiger partial charge in [0.05, 0.1) is 22.8 Å². The van der Waals surface area contributed by atoms with Gasteiger partial charge in [0.2, 0.25) is 0 Å². The van der Waals surface area contributed by atoms with Gasteiger partial charge in [-0.3, -0.25) is 10.6 Å². The number of hydrogen-bond donors (Lipinski definition) is 3. The van der Waals surface area contributed by atoms with Crippen molar-refractivity contribution in [3.63, 3.8) is 0 Å². The van der Waals surface area contributed by atoms with Gasteiger partial charge in [0.1, 0.15) is 11.6 Å². The molecule has 29 heavy (non-hydrogen) atoms. The molecule has 3 rings (SSSR count). The molecule has 0 aliphatic carbocycles. The summed E-state index contributed by atoms with van der Waals surface area (Å²) >= 11 is 5.74. The third-order valence-corrected chi connectivity index (χ3v) is 4.53. The van der Waals surface area contributed by atoms with Gasteiger partial charge in [-0.1, -0.05) is 11.6 Å². The Balaban J connectivity index is 1.82. The lowest BCUT2D eigenvalue weighted by Gasteiger charge is -2.18. The zero-order valence-corrected chi connectivity index (χ0v) is 16.1. The van der Waals surface area contributed by atoms with E-state index in [1.165, 1.54) is 29.3 Å². The van der Waals surface area contributed by atoms with Crippen LogP contribution in [0.3, 0.4) is 0 Å². The second-order valence-electron chi connectivity index (χ2n) is 6.40. The van der Waals surface area contributed by atoms with Gasteiger partial charge in [-0.2, -0.15) is 0 Å². The Morgan fingerprint density at radius 2 is 2.10 bits per heavy atom. The predicted octanol–water partition coefficient (Wildman–Crippen LogP) is 3.71. The monoisotopic (exact) mass is 426 g/mol. The average molecular weight is 427 g/mol. The largest absolute Gasteiger partial charge is 0.340 e. The number of H-pyrrole nitrogens is 1. The van der Waals surface area contributed by atoms with Crippen molar-refractivity contribution < 1.29 is 18.4 Å². The van der Waals surface area contributed by atoms with E-state index in [4.69, 9.17) is 17.0 Å². The van der Waals surface area contributed by atoms with Gasteiger partial charge >= 0.3 is 0 Å². The van der Waals surface area contributed by atoms with Crippen LogP contribution in [0.25, 0.3) is 11.2 Å². The van der Waals surface area contributed by atoms with Crippen LogP contribution < -0.4 is 5.06 Å². The molecule has 2 heterocycles. The number of likely N-dealkylation sites (N-methyl/N-ethyl adjacent to an activating group) is 1. The first-order valence-electron chi connectivity index (χ1n) is 8.59. The Morgan fingerprint density at radius 3 is 2.79 bits per heavy atom. The molecular formula is C18H18ClF3N6O. The second kappa shape index (κ2) is 8.76. The first kappa shape index (κ1) is 21.0. The van der Waals surface area contributed by atoms with Crippen molar-refractivity contribution in [1.29, 1.82) is 5.41 Å². The van der Waals surface area contributed by atoms with Crippen molar-refractivity contribution >= 4 is 34.3 Å². The lowest BCUT2D eigenvalue weighted by molar-refractivity contribution is 0.101. The Morgan fingerprint density at radius 1 is 1.34 bits per heavy atom. The van der Waals surface area contributed by atoms with Crippen LogP contribution >= 0.6 is 11.6 Å². The Kier molecular flexibility index (Phi) is 6.36. The van der Waals surface area contributed by atoms with E-state index in [9.17, 15) is 18.4 Å². The minimum absolute atomic E-state index is 0.111. The van der Waals surface area contributed by atoms with Gasteiger partial charge in [0, 0.05) is 24.7 Å². The summed E-state index contributed by atoms with van der Waals surface area (Å²) in [5.74, 6) is -0.426. The summed E-state index contributed by atoms with van der Waals surface area (Å²) in [5, 5.41) is 19.1. The summed E-state index contributed by atoms with van der Waals surface area (Å²) in [7, 11) is 1.59. The van der Waals surface area contributed by atoms with Crippen LogP contribution in [0.1, 0.15) is 11.4 Å². The van der Waals surface area contributed by atoms with Crippen LogP contribution in [-0.2, 0) is 6.42 Å². The highest BCUT2D eigenvalue weighted by atomic mass is 35.5. The molecule has 2 aromatic heterocycles. The highest BCUT2D eigenvalue weighted by Crippen LogP contribution is 2.24. The third-order valence-electron chi connectivity index (χ3n) is 4.24.